The Hall–Kier alpha value is -10.0. The fourth-order valence-electron chi connectivity index (χ4n) is 12.1. The van der Waals surface area contributed by atoms with Gasteiger partial charge in [0, 0.05) is 33.5 Å². The zero-order chi connectivity index (χ0) is 52.1. The smallest absolute Gasteiger partial charge is 0.0540 e. The van der Waals surface area contributed by atoms with Crippen LogP contribution in [0.4, 0.5) is 34.1 Å². The summed E-state index contributed by atoms with van der Waals surface area (Å²) in [6.45, 7) is 4.32. The lowest BCUT2D eigenvalue weighted by Gasteiger charge is -2.29. The van der Waals surface area contributed by atoms with Gasteiger partial charge in [-0.25, -0.2) is 0 Å². The number of para-hydroxylation sites is 2. The van der Waals surface area contributed by atoms with Crippen LogP contribution >= 0.6 is 0 Å². The molecule has 0 aliphatic heterocycles. The molecule has 2 nitrogen and oxygen atoms in total. The van der Waals surface area contributed by atoms with Crippen LogP contribution in [0.5, 0.6) is 0 Å². The lowest BCUT2D eigenvalue weighted by atomic mass is 9.85. The molecule has 78 heavy (non-hydrogen) atoms. The summed E-state index contributed by atoms with van der Waals surface area (Å²) < 4.78 is 0. The van der Waals surface area contributed by atoms with Crippen LogP contribution in [0.15, 0.2) is 291 Å². The van der Waals surface area contributed by atoms with E-state index in [4.69, 9.17) is 0 Å². The van der Waals surface area contributed by atoms with Crippen LogP contribution in [-0.2, 0) is 0 Å². The zero-order valence-corrected chi connectivity index (χ0v) is 43.6. The number of aryl methyl sites for hydroxylation is 2. The first-order valence-electron chi connectivity index (χ1n) is 27.0. The van der Waals surface area contributed by atoms with Gasteiger partial charge in [0.05, 0.1) is 11.4 Å². The molecule has 0 amide bonds. The molecule has 368 valence electrons. The molecular weight excluding hydrogens is 941 g/mol. The van der Waals surface area contributed by atoms with Gasteiger partial charge in [0.1, 0.15) is 0 Å². The standard InChI is InChI=1S/C42H32N2.C34H22/c1-29-11-9-17-35(27-29)43(33-13-5-3-6-14-33)39-25-21-31-20-24-38-40(26-22-32-19-23-37(39)41(31)42(32)38)44(34-15-7-4-8-16-34)36-18-10-12-30(2)28-36;1-3-11-25-21-27(19-17-23(25)9-1)33-29-13-5-7-15-31(29)34(32-16-8-6-14-30(32)33)28-20-18-24-10-2-4-12-26(24)22-28/h3-28H,1-2H3;1-22H. The molecule has 0 aliphatic carbocycles. The van der Waals surface area contributed by atoms with E-state index in [1.807, 2.05) is 0 Å². The van der Waals surface area contributed by atoms with Crippen LogP contribution in [0, 0.1) is 13.8 Å². The summed E-state index contributed by atoms with van der Waals surface area (Å²) in [5.41, 5.74) is 14.6. The Labute approximate surface area is 455 Å². The van der Waals surface area contributed by atoms with Crippen LogP contribution in [0.2, 0.25) is 0 Å². The molecule has 0 spiro atoms. The number of anilines is 6. The maximum Gasteiger partial charge on any atom is 0.0540 e. The number of nitrogens with zero attached hydrogens (tertiary/aromatic N) is 2. The van der Waals surface area contributed by atoms with Crippen LogP contribution in [0.1, 0.15) is 11.1 Å². The van der Waals surface area contributed by atoms with E-state index >= 15 is 0 Å². The maximum atomic E-state index is 2.39. The molecule has 2 heteroatoms. The van der Waals surface area contributed by atoms with Crippen molar-refractivity contribution in [3.05, 3.63) is 302 Å². The molecule has 0 aromatic heterocycles. The SMILES string of the molecule is Cc1cccc(N(c2ccccc2)c2ccc3ccc4c(N(c5ccccc5)c5cccc(C)c5)ccc5ccc2c3c54)c1.c1ccc2cc(-c3c4ccccc4c(-c4ccc5ccccc5c4)c4ccccc34)ccc2c1. The highest BCUT2D eigenvalue weighted by molar-refractivity contribution is 6.28. The van der Waals surface area contributed by atoms with Crippen molar-refractivity contribution in [1.82, 2.24) is 0 Å². The summed E-state index contributed by atoms with van der Waals surface area (Å²) in [4.78, 5) is 4.78. The average molecular weight is 995 g/mol. The summed E-state index contributed by atoms with van der Waals surface area (Å²) >= 11 is 0. The third-order valence-electron chi connectivity index (χ3n) is 15.7. The van der Waals surface area contributed by atoms with Gasteiger partial charge >= 0.3 is 0 Å². The number of fused-ring (bicyclic) bond motifs is 4. The van der Waals surface area contributed by atoms with Gasteiger partial charge in [-0.15, -0.1) is 0 Å². The number of hydrogen-bond acceptors (Lipinski definition) is 2. The van der Waals surface area contributed by atoms with E-state index in [1.54, 1.807) is 0 Å². The van der Waals surface area contributed by atoms with E-state index in [2.05, 4.69) is 315 Å². The Morgan fingerprint density at radius 1 is 0.218 bits per heavy atom. The fourth-order valence-corrected chi connectivity index (χ4v) is 12.1. The molecule has 0 saturated carbocycles. The van der Waals surface area contributed by atoms with Gasteiger partial charge in [-0.2, -0.15) is 0 Å². The van der Waals surface area contributed by atoms with Crippen molar-refractivity contribution in [2.24, 2.45) is 0 Å². The molecule has 0 fully saturated rings. The first-order valence-corrected chi connectivity index (χ1v) is 27.0. The molecule has 15 aromatic carbocycles. The normalized spacial score (nSPS) is 11.5. The maximum absolute atomic E-state index is 2.39. The van der Waals surface area contributed by atoms with Crippen LogP contribution < -0.4 is 9.80 Å². The van der Waals surface area contributed by atoms with Gasteiger partial charge in [0.15, 0.2) is 0 Å². The number of rotatable bonds is 8. The molecular formula is C76H54N2. The second-order valence-corrected chi connectivity index (χ2v) is 20.6. The lowest BCUT2D eigenvalue weighted by molar-refractivity contribution is 1.28. The first-order chi connectivity index (χ1) is 38.5. The van der Waals surface area contributed by atoms with Crippen molar-refractivity contribution in [3.8, 4) is 22.3 Å². The Morgan fingerprint density at radius 3 is 0.949 bits per heavy atom. The summed E-state index contributed by atoms with van der Waals surface area (Å²) in [7, 11) is 0. The van der Waals surface area contributed by atoms with Crippen LogP contribution in [-0.4, -0.2) is 0 Å². The van der Waals surface area contributed by atoms with Gasteiger partial charge in [0.2, 0.25) is 0 Å². The summed E-state index contributed by atoms with van der Waals surface area (Å²) in [6.07, 6.45) is 0. The molecule has 0 saturated heterocycles. The second kappa shape index (κ2) is 19.6. The lowest BCUT2D eigenvalue weighted by Crippen LogP contribution is -2.11. The minimum atomic E-state index is 1.14. The average Bonchev–Trinajstić information content (AvgIpc) is 3.57. The monoisotopic (exact) mass is 994 g/mol. The molecule has 0 unspecified atom stereocenters. The predicted molar refractivity (Wildman–Crippen MR) is 336 cm³/mol. The molecule has 0 heterocycles. The Bertz CT molecular complexity index is 4350. The van der Waals surface area contributed by atoms with E-state index in [0.29, 0.717) is 0 Å². The Balaban J connectivity index is 0.000000146. The van der Waals surface area contributed by atoms with E-state index < -0.39 is 0 Å². The summed E-state index contributed by atoms with van der Waals surface area (Å²) in [5, 5.41) is 17.8. The second-order valence-electron chi connectivity index (χ2n) is 20.6. The zero-order valence-electron chi connectivity index (χ0n) is 43.6. The Morgan fingerprint density at radius 2 is 0.551 bits per heavy atom. The van der Waals surface area contributed by atoms with Gasteiger partial charge in [-0.1, -0.05) is 218 Å². The highest BCUT2D eigenvalue weighted by Crippen LogP contribution is 2.48. The fraction of sp³-hybridized carbons (Fsp3) is 0.0263. The van der Waals surface area contributed by atoms with Crippen molar-refractivity contribution < 1.29 is 0 Å². The molecule has 0 atom stereocenters. The Kier molecular flexibility index (Phi) is 11.7. The molecule has 15 rings (SSSR count). The minimum absolute atomic E-state index is 1.14. The van der Waals surface area contributed by atoms with E-state index in [0.717, 1.165) is 22.7 Å². The van der Waals surface area contributed by atoms with Crippen LogP contribution in [0.3, 0.4) is 0 Å². The van der Waals surface area contributed by atoms with Gasteiger partial charge in [-0.05, 0) is 185 Å². The number of benzene rings is 15. The molecule has 0 N–H and O–H groups in total. The molecule has 0 bridgehead atoms. The third-order valence-corrected chi connectivity index (χ3v) is 15.7. The highest BCUT2D eigenvalue weighted by Gasteiger charge is 2.22. The summed E-state index contributed by atoms with van der Waals surface area (Å²) in [6, 6.07) is 106. The van der Waals surface area contributed by atoms with E-state index in [9.17, 15) is 0 Å². The largest absolute Gasteiger partial charge is 0.310 e. The summed E-state index contributed by atoms with van der Waals surface area (Å²) in [5.74, 6) is 0. The minimum Gasteiger partial charge on any atom is -0.310 e. The molecule has 15 aromatic rings. The van der Waals surface area contributed by atoms with E-state index in [-0.39, 0.29) is 0 Å². The van der Waals surface area contributed by atoms with Crippen LogP contribution in [0.25, 0.3) is 97.7 Å². The topological polar surface area (TPSA) is 6.48 Å². The van der Waals surface area contributed by atoms with Gasteiger partial charge in [0.25, 0.3) is 0 Å². The van der Waals surface area contributed by atoms with Gasteiger partial charge in [-0.3, -0.25) is 0 Å². The van der Waals surface area contributed by atoms with Crippen molar-refractivity contribution in [2.45, 2.75) is 13.8 Å². The van der Waals surface area contributed by atoms with Crippen molar-refractivity contribution in [3.63, 3.8) is 0 Å². The molecule has 0 aliphatic rings. The van der Waals surface area contributed by atoms with Crippen molar-refractivity contribution >= 4 is 110 Å². The predicted octanol–water partition coefficient (Wildman–Crippen LogP) is 21.8. The van der Waals surface area contributed by atoms with Crippen molar-refractivity contribution in [1.29, 1.82) is 0 Å². The van der Waals surface area contributed by atoms with E-state index in [1.165, 1.54) is 120 Å². The molecule has 0 radical (unpaired) electrons. The first kappa shape index (κ1) is 46.5. The quantitative estimate of drug-likeness (QED) is 0.111. The number of hydrogen-bond donors (Lipinski definition) is 0. The van der Waals surface area contributed by atoms with Gasteiger partial charge < -0.3 is 9.80 Å². The van der Waals surface area contributed by atoms with Crippen molar-refractivity contribution in [2.75, 3.05) is 9.80 Å². The third kappa shape index (κ3) is 8.23. The highest BCUT2D eigenvalue weighted by atomic mass is 15.1.